The van der Waals surface area contributed by atoms with E-state index < -0.39 is 11.8 Å². The van der Waals surface area contributed by atoms with Gasteiger partial charge in [0.2, 0.25) is 0 Å². The molecule has 19 heavy (non-hydrogen) atoms. The highest BCUT2D eigenvalue weighted by molar-refractivity contribution is 5.90. The Morgan fingerprint density at radius 2 is 2.26 bits per heavy atom. The van der Waals surface area contributed by atoms with Crippen LogP contribution < -0.4 is 5.73 Å². The largest absolute Gasteiger partial charge is 0.460 e. The Hall–Kier alpha value is -2.37. The van der Waals surface area contributed by atoms with Crippen molar-refractivity contribution in [3.63, 3.8) is 0 Å². The number of ether oxygens (including phenoxy) is 1. The van der Waals surface area contributed by atoms with Gasteiger partial charge in [0, 0.05) is 18.1 Å². The summed E-state index contributed by atoms with van der Waals surface area (Å²) in [7, 11) is 0. The van der Waals surface area contributed by atoms with Crippen molar-refractivity contribution in [2.75, 3.05) is 12.3 Å². The smallest absolute Gasteiger partial charge is 0.338 e. The molecule has 0 saturated heterocycles. The molecule has 0 aliphatic carbocycles. The number of nitrogens with zero attached hydrogens (tertiary/aromatic N) is 2. The normalized spacial score (nSPS) is 10.4. The number of aromatic nitrogens is 2. The van der Waals surface area contributed by atoms with Crippen molar-refractivity contribution in [3.05, 3.63) is 47.8 Å². The highest BCUT2D eigenvalue weighted by atomic mass is 19.1. The first kappa shape index (κ1) is 13.1. The zero-order valence-corrected chi connectivity index (χ0v) is 10.5. The number of imidazole rings is 1. The summed E-state index contributed by atoms with van der Waals surface area (Å²) < 4.78 is 20.0. The molecule has 0 amide bonds. The molecule has 0 unspecified atom stereocenters. The molecule has 5 nitrogen and oxygen atoms in total. The van der Waals surface area contributed by atoms with E-state index in [1.54, 1.807) is 12.4 Å². The minimum Gasteiger partial charge on any atom is -0.460 e. The van der Waals surface area contributed by atoms with Gasteiger partial charge in [-0.3, -0.25) is 0 Å². The van der Waals surface area contributed by atoms with Crippen LogP contribution in [0.15, 0.2) is 30.6 Å². The lowest BCUT2D eigenvalue weighted by atomic mass is 10.2. The van der Waals surface area contributed by atoms with Crippen molar-refractivity contribution < 1.29 is 13.9 Å². The number of hydrogen-bond acceptors (Lipinski definition) is 4. The van der Waals surface area contributed by atoms with Gasteiger partial charge in [-0.1, -0.05) is 0 Å². The minimum absolute atomic E-state index is 0.111. The molecular weight excluding hydrogens is 249 g/mol. The molecule has 1 aromatic heterocycles. The molecule has 2 aromatic rings. The number of anilines is 1. The number of carbonyl (C=O) groups excluding carboxylic acids is 1. The number of carbonyl (C=O) groups is 1. The van der Waals surface area contributed by atoms with Crippen molar-refractivity contribution in [2.24, 2.45) is 0 Å². The third kappa shape index (κ3) is 3.31. The second-order valence-electron chi connectivity index (χ2n) is 4.08. The van der Waals surface area contributed by atoms with Gasteiger partial charge in [-0.05, 0) is 25.1 Å². The van der Waals surface area contributed by atoms with Gasteiger partial charge in [-0.2, -0.15) is 0 Å². The first-order valence-electron chi connectivity index (χ1n) is 5.77. The lowest BCUT2D eigenvalue weighted by Gasteiger charge is -2.07. The van der Waals surface area contributed by atoms with Crippen LogP contribution in [0.4, 0.5) is 10.1 Å². The third-order valence-corrected chi connectivity index (χ3v) is 2.64. The van der Waals surface area contributed by atoms with Gasteiger partial charge in [0.15, 0.2) is 0 Å². The molecule has 0 bridgehead atoms. The van der Waals surface area contributed by atoms with Gasteiger partial charge >= 0.3 is 5.97 Å². The molecule has 0 fully saturated rings. The summed E-state index contributed by atoms with van der Waals surface area (Å²) in [6, 6.07) is 3.63. The standard InChI is InChI=1S/C13H14FN3O2/c1-9-16-2-3-17(9)4-5-19-13(18)10-6-11(14)8-12(15)7-10/h2-3,6-8H,4-5,15H2,1H3. The van der Waals surface area contributed by atoms with Crippen molar-refractivity contribution in [2.45, 2.75) is 13.5 Å². The first-order chi connectivity index (χ1) is 9.06. The summed E-state index contributed by atoms with van der Waals surface area (Å²) in [5.74, 6) is -0.313. The van der Waals surface area contributed by atoms with Crippen LogP contribution in [0.25, 0.3) is 0 Å². The topological polar surface area (TPSA) is 70.1 Å². The maximum atomic E-state index is 13.1. The van der Waals surface area contributed by atoms with Gasteiger partial charge in [0.1, 0.15) is 18.2 Å². The van der Waals surface area contributed by atoms with Crippen molar-refractivity contribution in [3.8, 4) is 0 Å². The number of halogens is 1. The van der Waals surface area contributed by atoms with E-state index in [1.165, 1.54) is 6.07 Å². The predicted molar refractivity (Wildman–Crippen MR) is 68.1 cm³/mol. The van der Waals surface area contributed by atoms with E-state index in [-0.39, 0.29) is 17.9 Å². The van der Waals surface area contributed by atoms with E-state index in [4.69, 9.17) is 10.5 Å². The Morgan fingerprint density at radius 3 is 2.89 bits per heavy atom. The van der Waals surface area contributed by atoms with Crippen LogP contribution in [0.1, 0.15) is 16.2 Å². The average Bonchev–Trinajstić information content (AvgIpc) is 2.74. The number of rotatable bonds is 4. The Balaban J connectivity index is 1.92. The van der Waals surface area contributed by atoms with Gasteiger partial charge < -0.3 is 15.0 Å². The Bertz CT molecular complexity index is 575. The summed E-state index contributed by atoms with van der Waals surface area (Å²) in [5.41, 5.74) is 5.77. The zero-order valence-electron chi connectivity index (χ0n) is 10.5. The number of aryl methyl sites for hydroxylation is 1. The van der Waals surface area contributed by atoms with E-state index >= 15 is 0 Å². The molecule has 6 heteroatoms. The zero-order chi connectivity index (χ0) is 13.8. The van der Waals surface area contributed by atoms with Crippen LogP contribution in [-0.4, -0.2) is 22.1 Å². The average molecular weight is 263 g/mol. The highest BCUT2D eigenvalue weighted by Crippen LogP contribution is 2.11. The van der Waals surface area contributed by atoms with Gasteiger partial charge in [0.05, 0.1) is 12.1 Å². The summed E-state index contributed by atoms with van der Waals surface area (Å²) >= 11 is 0. The summed E-state index contributed by atoms with van der Waals surface area (Å²) in [6.45, 7) is 2.55. The Kier molecular flexibility index (Phi) is 3.79. The third-order valence-electron chi connectivity index (χ3n) is 2.64. The maximum Gasteiger partial charge on any atom is 0.338 e. The summed E-state index contributed by atoms with van der Waals surface area (Å²) in [4.78, 5) is 15.7. The van der Waals surface area contributed by atoms with Crippen LogP contribution in [-0.2, 0) is 11.3 Å². The number of esters is 1. The lowest BCUT2D eigenvalue weighted by molar-refractivity contribution is 0.0490. The Morgan fingerprint density at radius 1 is 1.47 bits per heavy atom. The van der Waals surface area contributed by atoms with E-state index in [0.717, 1.165) is 18.0 Å². The van der Waals surface area contributed by atoms with Gasteiger partial charge in [0.25, 0.3) is 0 Å². The van der Waals surface area contributed by atoms with Crippen LogP contribution >= 0.6 is 0 Å². The highest BCUT2D eigenvalue weighted by Gasteiger charge is 2.09. The van der Waals surface area contributed by atoms with Crippen molar-refractivity contribution in [1.82, 2.24) is 9.55 Å². The van der Waals surface area contributed by atoms with Crippen molar-refractivity contribution in [1.29, 1.82) is 0 Å². The summed E-state index contributed by atoms with van der Waals surface area (Å²) in [5, 5.41) is 0. The monoisotopic (exact) mass is 263 g/mol. The van der Waals surface area contributed by atoms with Crippen LogP contribution in [0.2, 0.25) is 0 Å². The molecule has 0 spiro atoms. The SMILES string of the molecule is Cc1nccn1CCOC(=O)c1cc(N)cc(F)c1. The molecule has 1 aromatic carbocycles. The van der Waals surface area contributed by atoms with Crippen LogP contribution in [0.5, 0.6) is 0 Å². The fourth-order valence-corrected chi connectivity index (χ4v) is 1.69. The number of nitrogen functional groups attached to an aromatic ring is 1. The number of hydrogen-bond donors (Lipinski definition) is 1. The number of nitrogens with two attached hydrogens (primary N) is 1. The second kappa shape index (κ2) is 5.51. The van der Waals surface area contributed by atoms with Gasteiger partial charge in [-0.15, -0.1) is 0 Å². The van der Waals surface area contributed by atoms with Crippen molar-refractivity contribution >= 4 is 11.7 Å². The fourth-order valence-electron chi connectivity index (χ4n) is 1.69. The quantitative estimate of drug-likeness (QED) is 0.674. The van der Waals surface area contributed by atoms with Crippen LogP contribution in [0.3, 0.4) is 0 Å². The molecule has 0 aliphatic rings. The van der Waals surface area contributed by atoms with E-state index in [9.17, 15) is 9.18 Å². The second-order valence-corrected chi connectivity index (χ2v) is 4.08. The first-order valence-corrected chi connectivity index (χ1v) is 5.77. The number of benzene rings is 1. The molecule has 0 aliphatic heterocycles. The summed E-state index contributed by atoms with van der Waals surface area (Å²) in [6.07, 6.45) is 3.47. The lowest BCUT2D eigenvalue weighted by Crippen LogP contribution is -2.12. The van der Waals surface area contributed by atoms with E-state index in [1.807, 2.05) is 11.5 Å². The molecule has 2 rings (SSSR count). The minimum atomic E-state index is -0.594. The van der Waals surface area contributed by atoms with Crippen LogP contribution in [0, 0.1) is 12.7 Å². The molecule has 0 atom stereocenters. The molecular formula is C13H14FN3O2. The van der Waals surface area contributed by atoms with E-state index in [2.05, 4.69) is 4.98 Å². The molecule has 2 N–H and O–H groups in total. The molecule has 0 radical (unpaired) electrons. The van der Waals surface area contributed by atoms with E-state index in [0.29, 0.717) is 6.54 Å². The fraction of sp³-hybridized carbons (Fsp3) is 0.231. The predicted octanol–water partition coefficient (Wildman–Crippen LogP) is 1.77. The maximum absolute atomic E-state index is 13.1. The molecule has 1 heterocycles. The molecule has 100 valence electrons. The molecule has 0 saturated carbocycles. The van der Waals surface area contributed by atoms with Gasteiger partial charge in [-0.25, -0.2) is 14.2 Å². The Labute approximate surface area is 109 Å².